The van der Waals surface area contributed by atoms with E-state index in [0.717, 1.165) is 18.9 Å². The summed E-state index contributed by atoms with van der Waals surface area (Å²) in [6, 6.07) is 2.86. The van der Waals surface area contributed by atoms with E-state index < -0.39 is 23.5 Å². The standard InChI is InChI=1S/C16H19F4NO2.C2H6/c1-10(22)13(9-21-12-4-6-23-7-5-12)11-2-3-14(15(17)8-11)16(18,19)20;1-2/h2-3,8,12-13,21H,4-7,9H2,1H3;1-2H3. The van der Waals surface area contributed by atoms with Crippen molar-refractivity contribution in [2.24, 2.45) is 0 Å². The second-order valence-corrected chi connectivity index (χ2v) is 5.70. The second kappa shape index (κ2) is 9.87. The van der Waals surface area contributed by atoms with Gasteiger partial charge >= 0.3 is 6.18 Å². The van der Waals surface area contributed by atoms with E-state index in [4.69, 9.17) is 4.74 Å². The zero-order valence-corrected chi connectivity index (χ0v) is 14.8. The van der Waals surface area contributed by atoms with Gasteiger partial charge in [0.2, 0.25) is 0 Å². The number of benzene rings is 1. The molecule has 0 amide bonds. The largest absolute Gasteiger partial charge is 0.419 e. The molecule has 0 aromatic heterocycles. The van der Waals surface area contributed by atoms with Crippen molar-refractivity contribution < 1.29 is 27.1 Å². The molecule has 7 heteroatoms. The van der Waals surface area contributed by atoms with Crippen molar-refractivity contribution in [2.75, 3.05) is 19.8 Å². The number of hydrogen-bond donors (Lipinski definition) is 1. The molecule has 1 aliphatic rings. The molecule has 1 atom stereocenters. The number of alkyl halides is 3. The highest BCUT2D eigenvalue weighted by Gasteiger charge is 2.34. The monoisotopic (exact) mass is 363 g/mol. The summed E-state index contributed by atoms with van der Waals surface area (Å²) in [6.07, 6.45) is -3.12. The third-order valence-electron chi connectivity index (χ3n) is 4.02. The number of nitrogens with one attached hydrogen (secondary N) is 1. The maximum absolute atomic E-state index is 13.7. The lowest BCUT2D eigenvalue weighted by Gasteiger charge is -2.25. The lowest BCUT2D eigenvalue weighted by atomic mass is 9.93. The van der Waals surface area contributed by atoms with Gasteiger partial charge in [0, 0.05) is 25.8 Å². The molecule has 2 rings (SSSR count). The highest BCUT2D eigenvalue weighted by atomic mass is 19.4. The van der Waals surface area contributed by atoms with Gasteiger partial charge in [-0.3, -0.25) is 4.79 Å². The molecular weight excluding hydrogens is 338 g/mol. The predicted octanol–water partition coefficient (Wildman–Crippen LogP) is 4.31. The number of ketones is 1. The van der Waals surface area contributed by atoms with Crippen LogP contribution in [0.5, 0.6) is 0 Å². The van der Waals surface area contributed by atoms with Crippen LogP contribution in [0.1, 0.15) is 50.7 Å². The molecule has 0 radical (unpaired) electrons. The molecule has 0 saturated carbocycles. The van der Waals surface area contributed by atoms with Crippen LogP contribution >= 0.6 is 0 Å². The maximum atomic E-state index is 13.7. The van der Waals surface area contributed by atoms with Gasteiger partial charge in [-0.15, -0.1) is 0 Å². The Morgan fingerprint density at radius 2 is 1.88 bits per heavy atom. The van der Waals surface area contributed by atoms with E-state index in [1.807, 2.05) is 13.8 Å². The quantitative estimate of drug-likeness (QED) is 0.792. The van der Waals surface area contributed by atoms with Crippen molar-refractivity contribution in [1.82, 2.24) is 5.32 Å². The van der Waals surface area contributed by atoms with Crippen LogP contribution < -0.4 is 5.32 Å². The lowest BCUT2D eigenvalue weighted by Crippen LogP contribution is -2.38. The summed E-state index contributed by atoms with van der Waals surface area (Å²) in [4.78, 5) is 11.8. The van der Waals surface area contributed by atoms with Gasteiger partial charge in [0.15, 0.2) is 0 Å². The van der Waals surface area contributed by atoms with E-state index in [9.17, 15) is 22.4 Å². The summed E-state index contributed by atoms with van der Waals surface area (Å²) in [7, 11) is 0. The third-order valence-corrected chi connectivity index (χ3v) is 4.02. The van der Waals surface area contributed by atoms with E-state index in [1.165, 1.54) is 13.0 Å². The van der Waals surface area contributed by atoms with Crippen LogP contribution in [0.25, 0.3) is 0 Å². The number of carbonyl (C=O) groups is 1. The molecule has 1 heterocycles. The Labute approximate surface area is 145 Å². The molecule has 1 aromatic carbocycles. The molecule has 1 aromatic rings. The Morgan fingerprint density at radius 1 is 1.28 bits per heavy atom. The van der Waals surface area contributed by atoms with Crippen molar-refractivity contribution in [3.63, 3.8) is 0 Å². The van der Waals surface area contributed by atoms with Crippen LogP contribution in [0.2, 0.25) is 0 Å². The lowest BCUT2D eigenvalue weighted by molar-refractivity contribution is -0.140. The number of hydrogen-bond acceptors (Lipinski definition) is 3. The number of Topliss-reactive ketones (excluding diaryl/α,β-unsaturated/α-hetero) is 1. The average Bonchev–Trinajstić information content (AvgIpc) is 2.56. The van der Waals surface area contributed by atoms with Gasteiger partial charge in [-0.05, 0) is 37.5 Å². The van der Waals surface area contributed by atoms with E-state index in [-0.39, 0.29) is 23.9 Å². The average molecular weight is 363 g/mol. The van der Waals surface area contributed by atoms with Crippen molar-refractivity contribution in [3.8, 4) is 0 Å². The fourth-order valence-corrected chi connectivity index (χ4v) is 2.66. The summed E-state index contributed by atoms with van der Waals surface area (Å²) in [5.74, 6) is -2.24. The highest BCUT2D eigenvalue weighted by Crippen LogP contribution is 2.32. The summed E-state index contributed by atoms with van der Waals surface area (Å²) in [6.45, 7) is 6.89. The zero-order chi connectivity index (χ0) is 19.0. The molecule has 1 fully saturated rings. The molecular formula is C18H25F4NO2. The molecule has 1 aliphatic heterocycles. The molecule has 1 N–H and O–H groups in total. The van der Waals surface area contributed by atoms with Crippen LogP contribution in [0.4, 0.5) is 17.6 Å². The fraction of sp³-hybridized carbons (Fsp3) is 0.611. The van der Waals surface area contributed by atoms with Crippen molar-refractivity contribution in [2.45, 2.75) is 51.7 Å². The second-order valence-electron chi connectivity index (χ2n) is 5.70. The summed E-state index contributed by atoms with van der Waals surface area (Å²) in [5, 5.41) is 3.22. The van der Waals surface area contributed by atoms with Gasteiger partial charge in [-0.2, -0.15) is 13.2 Å². The predicted molar refractivity (Wildman–Crippen MR) is 88.0 cm³/mol. The number of halogens is 4. The van der Waals surface area contributed by atoms with Crippen molar-refractivity contribution in [3.05, 3.63) is 35.1 Å². The minimum atomic E-state index is -4.74. The van der Waals surface area contributed by atoms with Crippen molar-refractivity contribution >= 4 is 5.78 Å². The first kappa shape index (κ1) is 21.6. The van der Waals surface area contributed by atoms with Crippen LogP contribution in [-0.4, -0.2) is 31.6 Å². The van der Waals surface area contributed by atoms with Crippen LogP contribution in [0, 0.1) is 5.82 Å². The Bertz CT molecular complexity index is 554. The number of carbonyl (C=O) groups excluding carboxylic acids is 1. The normalized spacial score (nSPS) is 16.8. The van der Waals surface area contributed by atoms with E-state index in [1.54, 1.807) is 0 Å². The topological polar surface area (TPSA) is 38.3 Å². The zero-order valence-electron chi connectivity index (χ0n) is 14.8. The van der Waals surface area contributed by atoms with E-state index in [2.05, 4.69) is 5.32 Å². The van der Waals surface area contributed by atoms with Gasteiger partial charge in [0.1, 0.15) is 11.6 Å². The maximum Gasteiger partial charge on any atom is 0.419 e. The summed E-state index contributed by atoms with van der Waals surface area (Å²) < 4.78 is 56.7. The van der Waals surface area contributed by atoms with Crippen LogP contribution in [0.3, 0.4) is 0 Å². The third kappa shape index (κ3) is 6.40. The summed E-state index contributed by atoms with van der Waals surface area (Å²) in [5.41, 5.74) is -1.07. The van der Waals surface area contributed by atoms with Crippen LogP contribution in [0.15, 0.2) is 18.2 Å². The molecule has 142 valence electrons. The van der Waals surface area contributed by atoms with Gasteiger partial charge in [0.05, 0.1) is 11.5 Å². The highest BCUT2D eigenvalue weighted by molar-refractivity contribution is 5.83. The number of rotatable bonds is 5. The SMILES string of the molecule is CC.CC(=O)C(CNC1CCOCC1)c1ccc(C(F)(F)F)c(F)c1. The minimum Gasteiger partial charge on any atom is -0.381 e. The molecule has 1 unspecified atom stereocenters. The molecule has 1 saturated heterocycles. The van der Waals surface area contributed by atoms with E-state index in [0.29, 0.717) is 19.3 Å². The first-order valence-electron chi connectivity index (χ1n) is 8.47. The number of ether oxygens (including phenoxy) is 1. The molecule has 0 bridgehead atoms. The Hall–Kier alpha value is -1.47. The summed E-state index contributed by atoms with van der Waals surface area (Å²) >= 11 is 0. The first-order valence-corrected chi connectivity index (χ1v) is 8.47. The molecule has 25 heavy (non-hydrogen) atoms. The molecule has 0 spiro atoms. The first-order chi connectivity index (χ1) is 11.8. The van der Waals surface area contributed by atoms with E-state index >= 15 is 0 Å². The molecule has 3 nitrogen and oxygen atoms in total. The Balaban J connectivity index is 0.00000151. The van der Waals surface area contributed by atoms with Gasteiger partial charge in [-0.25, -0.2) is 4.39 Å². The minimum absolute atomic E-state index is 0.199. The smallest absolute Gasteiger partial charge is 0.381 e. The fourth-order valence-electron chi connectivity index (χ4n) is 2.66. The molecule has 0 aliphatic carbocycles. The Kier molecular flexibility index (Phi) is 8.52. The van der Waals surface area contributed by atoms with Crippen molar-refractivity contribution in [1.29, 1.82) is 0 Å². The van der Waals surface area contributed by atoms with Crippen LogP contribution in [-0.2, 0) is 15.7 Å². The van der Waals surface area contributed by atoms with Gasteiger partial charge < -0.3 is 10.1 Å². The Morgan fingerprint density at radius 3 is 2.36 bits per heavy atom. The van der Waals surface area contributed by atoms with Gasteiger partial charge in [-0.1, -0.05) is 19.9 Å². The van der Waals surface area contributed by atoms with Gasteiger partial charge in [0.25, 0.3) is 0 Å².